The maximum atomic E-state index is 12.2. The Labute approximate surface area is 143 Å². The van der Waals surface area contributed by atoms with Gasteiger partial charge in [0.1, 0.15) is 4.88 Å². The van der Waals surface area contributed by atoms with Gasteiger partial charge in [-0.05, 0) is 13.8 Å². The summed E-state index contributed by atoms with van der Waals surface area (Å²) in [5.74, 6) is -1.35. The number of nitrogens with one attached hydrogen (secondary N) is 2. The molecule has 0 atom stereocenters. The second kappa shape index (κ2) is 8.21. The molecule has 7 nitrogen and oxygen atoms in total. The number of urea groups is 1. The number of esters is 1. The molecule has 1 aromatic carbocycles. The molecule has 1 heterocycles. The fourth-order valence-corrected chi connectivity index (χ4v) is 2.76. The summed E-state index contributed by atoms with van der Waals surface area (Å²) >= 11 is 1.19. The molecule has 3 amide bonds. The van der Waals surface area contributed by atoms with E-state index in [1.165, 1.54) is 11.3 Å². The number of benzene rings is 1. The van der Waals surface area contributed by atoms with Gasteiger partial charge in [0.2, 0.25) is 0 Å². The van der Waals surface area contributed by atoms with Gasteiger partial charge in [0.05, 0.1) is 10.7 Å². The smallest absolute Gasteiger partial charge is 0.351 e. The van der Waals surface area contributed by atoms with Crippen molar-refractivity contribution >= 4 is 29.2 Å². The molecule has 126 valence electrons. The van der Waals surface area contributed by atoms with Gasteiger partial charge in [-0.3, -0.25) is 10.1 Å². The van der Waals surface area contributed by atoms with E-state index in [1.807, 2.05) is 30.3 Å². The van der Waals surface area contributed by atoms with E-state index in [-0.39, 0.29) is 0 Å². The Bertz CT molecular complexity index is 743. The monoisotopic (exact) mass is 347 g/mol. The highest BCUT2D eigenvalue weighted by Crippen LogP contribution is 2.28. The lowest BCUT2D eigenvalue weighted by molar-refractivity contribution is -0.123. The van der Waals surface area contributed by atoms with Crippen molar-refractivity contribution in [3.8, 4) is 11.3 Å². The van der Waals surface area contributed by atoms with E-state index >= 15 is 0 Å². The lowest BCUT2D eigenvalue weighted by atomic mass is 10.1. The van der Waals surface area contributed by atoms with Crippen molar-refractivity contribution in [1.82, 2.24) is 15.6 Å². The standard InChI is InChI=1S/C16H17N3O4S/c1-3-17-16(22)19-12(20)9-23-15(21)14-13(18-10(2)24-14)11-7-5-4-6-8-11/h4-8H,3,9H2,1-2H3,(H2,17,19,20,22). The number of imide groups is 1. The maximum absolute atomic E-state index is 12.2. The summed E-state index contributed by atoms with van der Waals surface area (Å²) in [6.07, 6.45) is 0. The minimum atomic E-state index is -0.697. The van der Waals surface area contributed by atoms with Gasteiger partial charge in [0, 0.05) is 12.1 Å². The molecule has 0 aliphatic rings. The summed E-state index contributed by atoms with van der Waals surface area (Å²) in [7, 11) is 0. The van der Waals surface area contributed by atoms with Gasteiger partial charge < -0.3 is 10.1 Å². The summed E-state index contributed by atoms with van der Waals surface area (Å²) in [4.78, 5) is 39.7. The van der Waals surface area contributed by atoms with Crippen molar-refractivity contribution in [2.75, 3.05) is 13.2 Å². The van der Waals surface area contributed by atoms with Crippen molar-refractivity contribution in [2.45, 2.75) is 13.8 Å². The summed E-state index contributed by atoms with van der Waals surface area (Å²) < 4.78 is 4.98. The summed E-state index contributed by atoms with van der Waals surface area (Å²) in [6.45, 7) is 3.36. The Balaban J connectivity index is 2.03. The van der Waals surface area contributed by atoms with Gasteiger partial charge in [-0.15, -0.1) is 11.3 Å². The van der Waals surface area contributed by atoms with Crippen LogP contribution in [0.4, 0.5) is 4.79 Å². The molecule has 8 heteroatoms. The third kappa shape index (κ3) is 4.63. The molecule has 0 radical (unpaired) electrons. The first kappa shape index (κ1) is 17.6. The second-order valence-corrected chi connectivity index (χ2v) is 5.96. The van der Waals surface area contributed by atoms with E-state index in [0.29, 0.717) is 22.1 Å². The van der Waals surface area contributed by atoms with E-state index in [1.54, 1.807) is 13.8 Å². The number of carbonyl (C=O) groups excluding carboxylic acids is 3. The quantitative estimate of drug-likeness (QED) is 0.808. The van der Waals surface area contributed by atoms with E-state index in [4.69, 9.17) is 4.74 Å². The van der Waals surface area contributed by atoms with Gasteiger partial charge in [0.15, 0.2) is 6.61 Å². The molecule has 0 unspecified atom stereocenters. The van der Waals surface area contributed by atoms with Gasteiger partial charge in [-0.2, -0.15) is 0 Å². The number of aromatic nitrogens is 1. The zero-order valence-corrected chi connectivity index (χ0v) is 14.1. The first-order valence-electron chi connectivity index (χ1n) is 7.29. The Morgan fingerprint density at radius 3 is 2.58 bits per heavy atom. The predicted octanol–water partition coefficient (Wildman–Crippen LogP) is 2.12. The molecule has 0 fully saturated rings. The van der Waals surface area contributed by atoms with Crippen LogP contribution in [0.3, 0.4) is 0 Å². The van der Waals surface area contributed by atoms with Crippen molar-refractivity contribution in [3.63, 3.8) is 0 Å². The number of amides is 3. The lowest BCUT2D eigenvalue weighted by Gasteiger charge is -2.06. The summed E-state index contributed by atoms with van der Waals surface area (Å²) in [5, 5.41) is 5.19. The van der Waals surface area contributed by atoms with E-state index in [2.05, 4.69) is 15.6 Å². The first-order chi connectivity index (χ1) is 11.5. The number of aryl methyl sites for hydroxylation is 1. The van der Waals surface area contributed by atoms with E-state index in [9.17, 15) is 14.4 Å². The third-order valence-corrected chi connectivity index (χ3v) is 3.84. The van der Waals surface area contributed by atoms with Crippen molar-refractivity contribution < 1.29 is 19.1 Å². The van der Waals surface area contributed by atoms with Crippen LogP contribution in [0.15, 0.2) is 30.3 Å². The average molecular weight is 347 g/mol. The predicted molar refractivity (Wildman–Crippen MR) is 89.8 cm³/mol. The molecular weight excluding hydrogens is 330 g/mol. The molecule has 2 aromatic rings. The fraction of sp³-hybridized carbons (Fsp3) is 0.250. The van der Waals surface area contributed by atoms with Crippen molar-refractivity contribution in [1.29, 1.82) is 0 Å². The van der Waals surface area contributed by atoms with Crippen molar-refractivity contribution in [3.05, 3.63) is 40.2 Å². The molecule has 24 heavy (non-hydrogen) atoms. The van der Waals surface area contributed by atoms with Crippen LogP contribution in [-0.4, -0.2) is 36.0 Å². The van der Waals surface area contributed by atoms with Gasteiger partial charge in [0.25, 0.3) is 5.91 Å². The molecule has 0 bridgehead atoms. The molecule has 2 rings (SSSR count). The van der Waals surface area contributed by atoms with Crippen LogP contribution in [0, 0.1) is 6.92 Å². The van der Waals surface area contributed by atoms with Gasteiger partial charge >= 0.3 is 12.0 Å². The largest absolute Gasteiger partial charge is 0.451 e. The number of rotatable bonds is 5. The number of nitrogens with zero attached hydrogens (tertiary/aromatic N) is 1. The first-order valence-corrected chi connectivity index (χ1v) is 8.10. The van der Waals surface area contributed by atoms with E-state index < -0.39 is 24.5 Å². The van der Waals surface area contributed by atoms with Crippen LogP contribution < -0.4 is 10.6 Å². The molecule has 2 N–H and O–H groups in total. The number of hydrogen-bond donors (Lipinski definition) is 2. The highest BCUT2D eigenvalue weighted by atomic mass is 32.1. The Kier molecular flexibility index (Phi) is 6.02. The molecule has 0 aliphatic heterocycles. The second-order valence-electron chi connectivity index (χ2n) is 4.76. The van der Waals surface area contributed by atoms with Crippen LogP contribution in [0.1, 0.15) is 21.6 Å². The topological polar surface area (TPSA) is 97.4 Å². The zero-order chi connectivity index (χ0) is 17.5. The SMILES string of the molecule is CCNC(=O)NC(=O)COC(=O)c1sc(C)nc1-c1ccccc1. The number of carbonyl (C=O) groups is 3. The highest BCUT2D eigenvalue weighted by Gasteiger charge is 2.20. The zero-order valence-electron chi connectivity index (χ0n) is 13.3. The normalized spacial score (nSPS) is 10.1. The van der Waals surface area contributed by atoms with Crippen LogP contribution in [0.2, 0.25) is 0 Å². The minimum Gasteiger partial charge on any atom is -0.451 e. The Morgan fingerprint density at radius 2 is 1.92 bits per heavy atom. The molecule has 0 spiro atoms. The van der Waals surface area contributed by atoms with Crippen LogP contribution in [0.25, 0.3) is 11.3 Å². The third-order valence-electron chi connectivity index (χ3n) is 2.89. The molecule has 0 saturated carbocycles. The average Bonchev–Trinajstić information content (AvgIpc) is 2.95. The van der Waals surface area contributed by atoms with Gasteiger partial charge in [-0.1, -0.05) is 30.3 Å². The minimum absolute atomic E-state index is 0.324. The molecular formula is C16H17N3O4S. The number of hydrogen-bond acceptors (Lipinski definition) is 6. The lowest BCUT2D eigenvalue weighted by Crippen LogP contribution is -2.41. The van der Waals surface area contributed by atoms with Crippen LogP contribution in [0.5, 0.6) is 0 Å². The van der Waals surface area contributed by atoms with E-state index in [0.717, 1.165) is 5.56 Å². The highest BCUT2D eigenvalue weighted by molar-refractivity contribution is 7.14. The Morgan fingerprint density at radius 1 is 1.21 bits per heavy atom. The fourth-order valence-electron chi connectivity index (χ4n) is 1.92. The summed E-state index contributed by atoms with van der Waals surface area (Å²) in [6, 6.07) is 8.61. The van der Waals surface area contributed by atoms with Crippen molar-refractivity contribution in [2.24, 2.45) is 0 Å². The number of thiazole rings is 1. The van der Waals surface area contributed by atoms with Crippen LogP contribution in [-0.2, 0) is 9.53 Å². The number of ether oxygens (including phenoxy) is 1. The Hall–Kier alpha value is -2.74. The van der Waals surface area contributed by atoms with Crippen LogP contribution >= 0.6 is 11.3 Å². The summed E-state index contributed by atoms with van der Waals surface area (Å²) in [5.41, 5.74) is 1.31. The van der Waals surface area contributed by atoms with Gasteiger partial charge in [-0.25, -0.2) is 14.6 Å². The maximum Gasteiger partial charge on any atom is 0.351 e. The molecule has 1 aromatic heterocycles. The molecule has 0 aliphatic carbocycles. The molecule has 0 saturated heterocycles.